The molecule has 0 saturated carbocycles. The fourth-order valence-electron chi connectivity index (χ4n) is 5.63. The van der Waals surface area contributed by atoms with Crippen molar-refractivity contribution in [2.75, 3.05) is 17.6 Å². The Morgan fingerprint density at radius 1 is 1.02 bits per heavy atom. The third kappa shape index (κ3) is 8.19. The molecule has 2 aromatic carbocycles. The number of carbonyl (C=O) groups is 1. The Kier molecular flexibility index (Phi) is 12.3. The van der Waals surface area contributed by atoms with Crippen molar-refractivity contribution in [3.05, 3.63) is 82.1 Å². The van der Waals surface area contributed by atoms with Gasteiger partial charge in [-0.05, 0) is 69.7 Å². The first-order valence-corrected chi connectivity index (χ1v) is 22.2. The second kappa shape index (κ2) is 15.9. The van der Waals surface area contributed by atoms with Crippen LogP contribution in [0, 0.1) is 13.8 Å². The van der Waals surface area contributed by atoms with E-state index in [0.29, 0.717) is 41.9 Å². The molecule has 12 heteroatoms. The molecule has 0 radical (unpaired) electrons. The van der Waals surface area contributed by atoms with Gasteiger partial charge in [-0.3, -0.25) is 0 Å². The number of nitrogens with zero attached hydrogens (tertiary/aromatic N) is 4. The van der Waals surface area contributed by atoms with Crippen LogP contribution in [0.3, 0.4) is 0 Å². The topological polar surface area (TPSA) is 117 Å². The summed E-state index contributed by atoms with van der Waals surface area (Å²) in [5.74, 6) is 0.628. The van der Waals surface area contributed by atoms with Gasteiger partial charge < -0.3 is 18.6 Å². The summed E-state index contributed by atoms with van der Waals surface area (Å²) in [5.41, 5.74) is 5.73. The average molecular weight is 709 g/mol. The smallest absolute Gasteiger partial charge is 0.356 e. The number of esters is 1. The zero-order valence-corrected chi connectivity index (χ0v) is 32.5. The summed E-state index contributed by atoms with van der Waals surface area (Å²) in [6.45, 7) is 20.6. The largest absolute Gasteiger partial charge is 0.461 e. The van der Waals surface area contributed by atoms with Crippen molar-refractivity contribution < 1.29 is 27.2 Å². The summed E-state index contributed by atoms with van der Waals surface area (Å²) in [7, 11) is -5.90. The van der Waals surface area contributed by atoms with Crippen molar-refractivity contribution in [1.29, 1.82) is 0 Å². The number of anilines is 1. The molecule has 0 bridgehead atoms. The highest BCUT2D eigenvalue weighted by atomic mass is 32.2. The number of rotatable bonds is 16. The van der Waals surface area contributed by atoms with Gasteiger partial charge in [0.15, 0.2) is 5.69 Å². The van der Waals surface area contributed by atoms with Crippen molar-refractivity contribution in [1.82, 2.24) is 14.7 Å². The van der Waals surface area contributed by atoms with Crippen LogP contribution in [0.4, 0.5) is 5.88 Å². The molecule has 10 nitrogen and oxygen atoms in total. The van der Waals surface area contributed by atoms with Crippen LogP contribution in [0.15, 0.2) is 51.9 Å². The van der Waals surface area contributed by atoms with Gasteiger partial charge >= 0.3 is 5.97 Å². The van der Waals surface area contributed by atoms with E-state index < -0.39 is 18.1 Å². The van der Waals surface area contributed by atoms with E-state index in [4.69, 9.17) is 19.0 Å². The van der Waals surface area contributed by atoms with Crippen molar-refractivity contribution in [3.8, 4) is 11.1 Å². The van der Waals surface area contributed by atoms with Crippen LogP contribution >= 0.6 is 0 Å². The summed E-state index contributed by atoms with van der Waals surface area (Å²) >= 11 is 0. The fraction of sp³-hybridized carbons (Fsp3) is 0.486. The molecule has 0 aliphatic carbocycles. The molecule has 266 valence electrons. The summed E-state index contributed by atoms with van der Waals surface area (Å²) in [4.78, 5) is 18.1. The Morgan fingerprint density at radius 3 is 2.33 bits per heavy atom. The monoisotopic (exact) mass is 708 g/mol. The van der Waals surface area contributed by atoms with Crippen LogP contribution in [0.5, 0.6) is 0 Å². The van der Waals surface area contributed by atoms with Gasteiger partial charge in [0.25, 0.3) is 10.0 Å². The zero-order chi connectivity index (χ0) is 36.1. The van der Waals surface area contributed by atoms with E-state index in [-0.39, 0.29) is 35.8 Å². The van der Waals surface area contributed by atoms with Gasteiger partial charge in [0.1, 0.15) is 12.6 Å². The minimum Gasteiger partial charge on any atom is -0.461 e. The highest BCUT2D eigenvalue weighted by Crippen LogP contribution is 2.36. The molecule has 0 fully saturated rings. The number of hydrogen-bond donors (Lipinski definition) is 0. The second-order valence-electron chi connectivity index (χ2n) is 13.4. The molecule has 4 aromatic rings. The maximum Gasteiger partial charge on any atom is 0.356 e. The van der Waals surface area contributed by atoms with E-state index in [9.17, 15) is 13.2 Å². The molecule has 0 aliphatic rings. The first-order valence-electron chi connectivity index (χ1n) is 17.2. The quantitative estimate of drug-likeness (QED) is 0.0656. The van der Waals surface area contributed by atoms with Gasteiger partial charge in [-0.25, -0.2) is 22.5 Å². The first kappa shape index (κ1) is 38.1. The molecular weight excluding hydrogens is 657 g/mol. The lowest BCUT2D eigenvalue weighted by Gasteiger charge is -2.29. The van der Waals surface area contributed by atoms with Crippen LogP contribution < -0.4 is 4.31 Å². The van der Waals surface area contributed by atoms with Crippen molar-refractivity contribution >= 4 is 30.0 Å². The molecule has 0 saturated heterocycles. The Bertz CT molecular complexity index is 1880. The first-order chi connectivity index (χ1) is 23.2. The number of ether oxygens (including phenoxy) is 2. The number of hydrogen-bond acceptors (Lipinski definition) is 8. The average Bonchev–Trinajstić information content (AvgIpc) is 3.58. The van der Waals surface area contributed by atoms with Gasteiger partial charge in [0.05, 0.1) is 31.0 Å². The van der Waals surface area contributed by atoms with E-state index in [1.807, 2.05) is 42.7 Å². The number of carbonyl (C=O) groups excluding carboxylic acids is 1. The fourth-order valence-corrected chi connectivity index (χ4v) is 7.74. The number of aryl methyl sites for hydroxylation is 4. The molecule has 0 amide bonds. The van der Waals surface area contributed by atoms with Gasteiger partial charge in [0.2, 0.25) is 5.88 Å². The zero-order valence-electron chi connectivity index (χ0n) is 30.7. The van der Waals surface area contributed by atoms with Crippen molar-refractivity contribution in [2.45, 2.75) is 111 Å². The van der Waals surface area contributed by atoms with Gasteiger partial charge in [0, 0.05) is 29.8 Å². The maximum absolute atomic E-state index is 14.7. The van der Waals surface area contributed by atoms with Crippen LogP contribution in [-0.2, 0) is 45.3 Å². The van der Waals surface area contributed by atoms with Gasteiger partial charge in [-0.1, -0.05) is 82.0 Å². The third-order valence-electron chi connectivity index (χ3n) is 9.05. The Morgan fingerprint density at radius 2 is 1.73 bits per heavy atom. The Hall–Kier alpha value is -3.74. The Labute approximate surface area is 292 Å². The van der Waals surface area contributed by atoms with E-state index in [1.165, 1.54) is 4.31 Å². The highest BCUT2D eigenvalue weighted by molar-refractivity contribution is 7.93. The second-order valence-corrected chi connectivity index (χ2v) is 20.8. The lowest BCUT2D eigenvalue weighted by Crippen LogP contribution is -2.42. The van der Waals surface area contributed by atoms with Crippen molar-refractivity contribution in [3.63, 3.8) is 0 Å². The van der Waals surface area contributed by atoms with E-state index >= 15 is 0 Å². The predicted molar refractivity (Wildman–Crippen MR) is 196 cm³/mol. The molecule has 4 rings (SSSR count). The summed E-state index contributed by atoms with van der Waals surface area (Å²) in [5, 5.41) is 4.06. The normalized spacial score (nSPS) is 12.7. The highest BCUT2D eigenvalue weighted by Gasteiger charge is 2.34. The predicted octanol–water partition coefficient (Wildman–Crippen LogP) is 7.89. The Balaban J connectivity index is 1.80. The summed E-state index contributed by atoms with van der Waals surface area (Å²) in [6.07, 6.45) is 2.90. The summed E-state index contributed by atoms with van der Waals surface area (Å²) < 4.78 is 49.8. The molecule has 0 spiro atoms. The van der Waals surface area contributed by atoms with E-state index in [2.05, 4.69) is 44.7 Å². The van der Waals surface area contributed by atoms with Gasteiger partial charge in [-0.15, -0.1) is 0 Å². The van der Waals surface area contributed by atoms with Crippen LogP contribution in [-0.4, -0.2) is 56.2 Å². The lowest BCUT2D eigenvalue weighted by molar-refractivity contribution is 0.0512. The molecule has 0 N–H and O–H groups in total. The third-order valence-corrected chi connectivity index (χ3v) is 13.4. The van der Waals surface area contributed by atoms with E-state index in [1.54, 1.807) is 32.9 Å². The summed E-state index contributed by atoms with van der Waals surface area (Å²) in [6, 6.07) is 13.1. The standard InChI is InChI=1S/C37H52N4O6SSi/c1-11-17-34-38-32(13-3)35(37(42)45-14-4)40(34)23-28-20-21-30(29(12-2)22-28)31-18-15-16-19-33(31)48(43,44)41(24-46-27(7)49(8,9)10)36-25(5)26(6)39-47-36/h15-16,18-22,27H,11-14,17,23-24H2,1-10H3. The number of imidazole rings is 1. The molecule has 49 heavy (non-hydrogen) atoms. The number of benzene rings is 2. The van der Waals surface area contributed by atoms with Crippen LogP contribution in [0.2, 0.25) is 19.6 Å². The van der Waals surface area contributed by atoms with Gasteiger partial charge in [-0.2, -0.15) is 0 Å². The molecule has 1 unspecified atom stereocenters. The van der Waals surface area contributed by atoms with Crippen LogP contribution in [0.25, 0.3) is 11.1 Å². The lowest BCUT2D eigenvalue weighted by atomic mass is 9.96. The molecule has 1 atom stereocenters. The molecule has 2 aromatic heterocycles. The minimum absolute atomic E-state index is 0.102. The molecule has 0 aliphatic heterocycles. The van der Waals surface area contributed by atoms with E-state index in [0.717, 1.165) is 41.1 Å². The minimum atomic E-state index is -4.17. The number of aromatic nitrogens is 3. The molecular formula is C37H52N4O6SSi. The van der Waals surface area contributed by atoms with Crippen molar-refractivity contribution in [2.24, 2.45) is 0 Å². The SMILES string of the molecule is CCCc1nc(CC)c(C(=O)OCC)n1Cc1ccc(-c2ccccc2S(=O)(=O)N(COC(C)[Si](C)(C)C)c2onc(C)c2C)c(CC)c1. The maximum atomic E-state index is 14.7. The number of sulfonamides is 1. The molecule has 2 heterocycles. The van der Waals surface area contributed by atoms with Crippen LogP contribution in [0.1, 0.15) is 85.4 Å².